The van der Waals surface area contributed by atoms with Crippen molar-refractivity contribution in [1.82, 2.24) is 14.8 Å². The summed E-state index contributed by atoms with van der Waals surface area (Å²) >= 11 is 0. The maximum atomic E-state index is 5.48. The molecule has 0 spiro atoms. The average molecular weight is 272 g/mol. The molecule has 2 unspecified atom stereocenters. The molecule has 1 aromatic heterocycles. The molecule has 20 heavy (non-hydrogen) atoms. The van der Waals surface area contributed by atoms with Crippen molar-refractivity contribution in [3.05, 3.63) is 36.9 Å². The van der Waals surface area contributed by atoms with Gasteiger partial charge < -0.3 is 10.1 Å². The maximum absolute atomic E-state index is 5.48. The van der Waals surface area contributed by atoms with Gasteiger partial charge in [-0.05, 0) is 43.9 Å². The molecule has 1 aliphatic rings. The molecular weight excluding hydrogens is 252 g/mol. The van der Waals surface area contributed by atoms with E-state index in [2.05, 4.69) is 27.6 Å². The highest BCUT2D eigenvalue weighted by molar-refractivity contribution is 5.51. The van der Waals surface area contributed by atoms with E-state index >= 15 is 0 Å². The van der Waals surface area contributed by atoms with E-state index < -0.39 is 0 Å². The zero-order chi connectivity index (χ0) is 13.8. The van der Waals surface area contributed by atoms with Gasteiger partial charge in [-0.25, -0.2) is 0 Å². The minimum absolute atomic E-state index is 0.391. The predicted molar refractivity (Wildman–Crippen MR) is 78.0 cm³/mol. The van der Waals surface area contributed by atoms with Crippen LogP contribution in [0.1, 0.15) is 25.7 Å². The van der Waals surface area contributed by atoms with Gasteiger partial charge in [-0.2, -0.15) is 0 Å². The van der Waals surface area contributed by atoms with Crippen molar-refractivity contribution in [2.45, 2.75) is 37.8 Å². The van der Waals surface area contributed by atoms with Crippen molar-refractivity contribution in [2.75, 3.05) is 12.4 Å². The van der Waals surface area contributed by atoms with Gasteiger partial charge in [0.05, 0.1) is 11.8 Å². The number of hydrogen-bond acceptors (Lipinski definition) is 4. The quantitative estimate of drug-likeness (QED) is 0.929. The van der Waals surface area contributed by atoms with Crippen molar-refractivity contribution in [3.63, 3.8) is 0 Å². The van der Waals surface area contributed by atoms with Crippen molar-refractivity contribution in [1.29, 1.82) is 0 Å². The van der Waals surface area contributed by atoms with Crippen LogP contribution in [0.5, 0.6) is 0 Å². The van der Waals surface area contributed by atoms with Crippen LogP contribution in [-0.2, 0) is 4.74 Å². The molecule has 0 radical (unpaired) electrons. The van der Waals surface area contributed by atoms with Crippen LogP contribution in [0, 0.1) is 0 Å². The van der Waals surface area contributed by atoms with Gasteiger partial charge in [0.1, 0.15) is 12.7 Å². The largest absolute Gasteiger partial charge is 0.382 e. The predicted octanol–water partition coefficient (Wildman–Crippen LogP) is 2.64. The molecule has 1 heterocycles. The van der Waals surface area contributed by atoms with Crippen LogP contribution in [0.2, 0.25) is 0 Å². The highest BCUT2D eigenvalue weighted by Gasteiger charge is 2.21. The van der Waals surface area contributed by atoms with Gasteiger partial charge in [0.2, 0.25) is 0 Å². The van der Waals surface area contributed by atoms with Crippen LogP contribution >= 0.6 is 0 Å². The number of benzene rings is 1. The zero-order valence-electron chi connectivity index (χ0n) is 11.7. The Morgan fingerprint density at radius 1 is 1.25 bits per heavy atom. The second-order valence-electron chi connectivity index (χ2n) is 5.29. The van der Waals surface area contributed by atoms with Crippen LogP contribution in [-0.4, -0.2) is 34.0 Å². The van der Waals surface area contributed by atoms with E-state index in [1.165, 1.54) is 19.3 Å². The van der Waals surface area contributed by atoms with E-state index in [1.807, 2.05) is 16.7 Å². The highest BCUT2D eigenvalue weighted by Crippen LogP contribution is 2.24. The van der Waals surface area contributed by atoms with Crippen LogP contribution < -0.4 is 5.32 Å². The van der Waals surface area contributed by atoms with Crippen molar-refractivity contribution in [2.24, 2.45) is 0 Å². The molecule has 1 fully saturated rings. The van der Waals surface area contributed by atoms with Crippen LogP contribution in [0.25, 0.3) is 5.69 Å². The monoisotopic (exact) mass is 272 g/mol. The molecule has 1 saturated carbocycles. The number of anilines is 1. The molecule has 0 bridgehead atoms. The molecule has 1 aliphatic carbocycles. The van der Waals surface area contributed by atoms with Crippen molar-refractivity contribution < 1.29 is 4.74 Å². The van der Waals surface area contributed by atoms with Gasteiger partial charge in [-0.15, -0.1) is 10.2 Å². The number of hydrogen-bond donors (Lipinski definition) is 1. The summed E-state index contributed by atoms with van der Waals surface area (Å²) in [6.45, 7) is 0. The van der Waals surface area contributed by atoms with E-state index in [0.29, 0.717) is 12.1 Å². The Bertz CT molecular complexity index is 541. The molecule has 1 aromatic carbocycles. The summed E-state index contributed by atoms with van der Waals surface area (Å²) in [7, 11) is 1.81. The maximum Gasteiger partial charge on any atom is 0.123 e. The number of rotatable bonds is 4. The van der Waals surface area contributed by atoms with E-state index in [1.54, 1.807) is 19.8 Å². The van der Waals surface area contributed by atoms with Crippen LogP contribution in [0.4, 0.5) is 5.69 Å². The fourth-order valence-electron chi connectivity index (χ4n) is 2.82. The Morgan fingerprint density at radius 3 is 2.90 bits per heavy atom. The summed E-state index contributed by atoms with van der Waals surface area (Å²) < 4.78 is 7.39. The fraction of sp³-hybridized carbons (Fsp3) is 0.467. The third kappa shape index (κ3) is 2.99. The summed E-state index contributed by atoms with van der Waals surface area (Å²) in [6, 6.07) is 8.82. The Labute approximate surface area is 119 Å². The first kappa shape index (κ1) is 13.1. The van der Waals surface area contributed by atoms with E-state index in [9.17, 15) is 0 Å². The highest BCUT2D eigenvalue weighted by atomic mass is 16.5. The number of nitrogens with one attached hydrogen (secondary N) is 1. The molecule has 0 aliphatic heterocycles. The van der Waals surface area contributed by atoms with Gasteiger partial charge in [-0.3, -0.25) is 4.57 Å². The lowest BCUT2D eigenvalue weighted by molar-refractivity contribution is 0.0669. The summed E-state index contributed by atoms with van der Waals surface area (Å²) in [5.74, 6) is 0. The van der Waals surface area contributed by atoms with Gasteiger partial charge in [-0.1, -0.05) is 6.07 Å². The smallest absolute Gasteiger partial charge is 0.123 e. The lowest BCUT2D eigenvalue weighted by Gasteiger charge is -2.29. The molecule has 106 valence electrons. The lowest BCUT2D eigenvalue weighted by atomic mass is 9.92. The lowest BCUT2D eigenvalue weighted by Crippen LogP contribution is -2.31. The van der Waals surface area contributed by atoms with E-state index in [4.69, 9.17) is 4.74 Å². The first-order chi connectivity index (χ1) is 9.85. The van der Waals surface area contributed by atoms with Gasteiger partial charge >= 0.3 is 0 Å². The Hall–Kier alpha value is -1.88. The Morgan fingerprint density at radius 2 is 2.10 bits per heavy atom. The summed E-state index contributed by atoms with van der Waals surface area (Å²) in [5, 5.41) is 11.3. The molecule has 0 amide bonds. The fourth-order valence-corrected chi connectivity index (χ4v) is 2.82. The molecule has 5 nitrogen and oxygen atoms in total. The SMILES string of the molecule is COC1CCCC(Nc2cccc(-n3cnnc3)c2)C1. The third-order valence-corrected chi connectivity index (χ3v) is 3.89. The molecule has 0 saturated heterocycles. The second-order valence-corrected chi connectivity index (χ2v) is 5.29. The number of nitrogens with zero attached hydrogens (tertiary/aromatic N) is 3. The molecule has 1 N–H and O–H groups in total. The summed E-state index contributed by atoms with van der Waals surface area (Å²) in [6.07, 6.45) is 8.49. The molecule has 2 atom stereocenters. The topological polar surface area (TPSA) is 52.0 Å². The Kier molecular flexibility index (Phi) is 3.97. The van der Waals surface area contributed by atoms with Gasteiger partial charge in [0.15, 0.2) is 0 Å². The summed E-state index contributed by atoms with van der Waals surface area (Å²) in [4.78, 5) is 0. The van der Waals surface area contributed by atoms with Gasteiger partial charge in [0.25, 0.3) is 0 Å². The number of aromatic nitrogens is 3. The molecule has 3 rings (SSSR count). The molecule has 2 aromatic rings. The first-order valence-corrected chi connectivity index (χ1v) is 7.09. The normalized spacial score (nSPS) is 22.6. The van der Waals surface area contributed by atoms with Crippen LogP contribution in [0.3, 0.4) is 0 Å². The van der Waals surface area contributed by atoms with Crippen LogP contribution in [0.15, 0.2) is 36.9 Å². The first-order valence-electron chi connectivity index (χ1n) is 7.09. The summed E-state index contributed by atoms with van der Waals surface area (Å²) in [5.41, 5.74) is 2.21. The molecule has 5 heteroatoms. The van der Waals surface area contributed by atoms with Crippen molar-refractivity contribution >= 4 is 5.69 Å². The number of ether oxygens (including phenoxy) is 1. The minimum atomic E-state index is 0.391. The van der Waals surface area contributed by atoms with Crippen molar-refractivity contribution in [3.8, 4) is 5.69 Å². The standard InChI is InChI=1S/C15H20N4O/c1-20-15-7-3-5-13(9-15)18-12-4-2-6-14(8-12)19-10-16-17-11-19/h2,4,6,8,10-11,13,15,18H,3,5,7,9H2,1H3. The van der Waals surface area contributed by atoms with E-state index in [0.717, 1.165) is 17.8 Å². The zero-order valence-corrected chi connectivity index (χ0v) is 11.7. The number of methoxy groups -OCH3 is 1. The second kappa shape index (κ2) is 6.05. The minimum Gasteiger partial charge on any atom is -0.382 e. The third-order valence-electron chi connectivity index (χ3n) is 3.89. The van der Waals surface area contributed by atoms with Gasteiger partial charge in [0, 0.05) is 18.8 Å². The average Bonchev–Trinajstić information content (AvgIpc) is 3.02. The van der Waals surface area contributed by atoms with E-state index in [-0.39, 0.29) is 0 Å². The molecular formula is C15H20N4O. The Balaban J connectivity index is 1.70.